The zero-order valence-corrected chi connectivity index (χ0v) is 20.3. The Bertz CT molecular complexity index is 1440. The van der Waals surface area contributed by atoms with Crippen LogP contribution < -0.4 is 10.1 Å². The first-order valence-corrected chi connectivity index (χ1v) is 12.3. The van der Waals surface area contributed by atoms with Crippen LogP contribution in [-0.2, 0) is 13.0 Å². The van der Waals surface area contributed by atoms with Crippen LogP contribution in [0.2, 0.25) is 0 Å². The zero-order valence-electron chi connectivity index (χ0n) is 19.5. The van der Waals surface area contributed by atoms with Crippen LogP contribution in [0.1, 0.15) is 30.0 Å². The summed E-state index contributed by atoms with van der Waals surface area (Å²) in [5.74, 6) is 1.02. The van der Waals surface area contributed by atoms with E-state index in [1.54, 1.807) is 11.6 Å². The zero-order chi connectivity index (χ0) is 24.2. The number of hydrogen-bond acceptors (Lipinski definition) is 6. The molecule has 5 aromatic rings. The highest BCUT2D eigenvalue weighted by molar-refractivity contribution is 7.13. The van der Waals surface area contributed by atoms with Gasteiger partial charge in [-0.15, -0.1) is 11.3 Å². The molecule has 35 heavy (non-hydrogen) atoms. The number of imidazole rings is 1. The SMILES string of the molecule is CC(C)Oc1ccc(-c2nc(C(=O)Nc3nc4ccccc4n3CCc3ccccn3)cs2)cc1. The number of aromatic nitrogens is 4. The average Bonchev–Trinajstić information content (AvgIpc) is 3.49. The van der Waals surface area contributed by atoms with Crippen LogP contribution >= 0.6 is 11.3 Å². The molecular weight excluding hydrogens is 458 g/mol. The standard InChI is InChI=1S/C27H25N5O2S/c1-18(2)34-21-12-10-19(11-13-21)26-29-23(17-35-26)25(33)31-27-30-22-8-3-4-9-24(22)32(27)16-14-20-7-5-6-15-28-20/h3-13,15,17-18H,14,16H2,1-2H3,(H,30,31,33). The molecule has 5 rings (SSSR count). The summed E-state index contributed by atoms with van der Waals surface area (Å²) in [6, 6.07) is 21.5. The van der Waals surface area contributed by atoms with Crippen LogP contribution in [0.15, 0.2) is 78.3 Å². The summed E-state index contributed by atoms with van der Waals surface area (Å²) in [6.45, 7) is 4.62. The summed E-state index contributed by atoms with van der Waals surface area (Å²) in [6.07, 6.45) is 2.63. The van der Waals surface area contributed by atoms with E-state index in [9.17, 15) is 4.79 Å². The number of amides is 1. The second-order valence-corrected chi connectivity index (χ2v) is 9.19. The Hall–Kier alpha value is -4.04. The lowest BCUT2D eigenvalue weighted by Gasteiger charge is -2.09. The summed E-state index contributed by atoms with van der Waals surface area (Å²) >= 11 is 1.43. The van der Waals surface area contributed by atoms with Gasteiger partial charge >= 0.3 is 0 Å². The Morgan fingerprint density at radius 1 is 1.03 bits per heavy atom. The van der Waals surface area contributed by atoms with E-state index in [-0.39, 0.29) is 12.0 Å². The summed E-state index contributed by atoms with van der Waals surface area (Å²) in [7, 11) is 0. The molecule has 0 fully saturated rings. The number of aryl methyl sites for hydroxylation is 2. The molecule has 7 nitrogen and oxygen atoms in total. The smallest absolute Gasteiger partial charge is 0.277 e. The van der Waals surface area contributed by atoms with Gasteiger partial charge in [0.25, 0.3) is 5.91 Å². The summed E-state index contributed by atoms with van der Waals surface area (Å²) in [4.78, 5) is 26.7. The molecule has 0 spiro atoms. The van der Waals surface area contributed by atoms with Crippen LogP contribution in [0.3, 0.4) is 0 Å². The molecule has 0 saturated heterocycles. The fourth-order valence-corrected chi connectivity index (χ4v) is 4.60. The van der Waals surface area contributed by atoms with Gasteiger partial charge in [-0.25, -0.2) is 9.97 Å². The van der Waals surface area contributed by atoms with Gasteiger partial charge in [0.2, 0.25) is 5.95 Å². The molecule has 176 valence electrons. The number of benzene rings is 2. The number of hydrogen-bond donors (Lipinski definition) is 1. The minimum Gasteiger partial charge on any atom is -0.491 e. The molecule has 0 aliphatic rings. The third-order valence-corrected chi connectivity index (χ3v) is 6.30. The maximum atomic E-state index is 13.1. The van der Waals surface area contributed by atoms with Gasteiger partial charge in [-0.3, -0.25) is 15.1 Å². The lowest BCUT2D eigenvalue weighted by molar-refractivity contribution is 0.102. The van der Waals surface area contributed by atoms with Gasteiger partial charge in [-0.2, -0.15) is 0 Å². The minimum absolute atomic E-state index is 0.115. The maximum absolute atomic E-state index is 13.1. The Labute approximate surface area is 207 Å². The maximum Gasteiger partial charge on any atom is 0.277 e. The predicted molar refractivity (Wildman–Crippen MR) is 139 cm³/mol. The van der Waals surface area contributed by atoms with Crippen molar-refractivity contribution in [2.45, 2.75) is 32.9 Å². The minimum atomic E-state index is -0.290. The number of thiazole rings is 1. The second kappa shape index (κ2) is 10.1. The Morgan fingerprint density at radius 2 is 1.83 bits per heavy atom. The lowest BCUT2D eigenvalue weighted by atomic mass is 10.2. The fraction of sp³-hybridized carbons (Fsp3) is 0.185. The Balaban J connectivity index is 1.35. The van der Waals surface area contributed by atoms with Crippen molar-refractivity contribution in [1.29, 1.82) is 0 Å². The van der Waals surface area contributed by atoms with Gasteiger partial charge in [0, 0.05) is 35.8 Å². The molecule has 0 unspecified atom stereocenters. The first-order chi connectivity index (χ1) is 17.1. The number of carbonyl (C=O) groups excluding carboxylic acids is 1. The Kier molecular flexibility index (Phi) is 6.54. The molecule has 1 N–H and O–H groups in total. The number of para-hydroxylation sites is 2. The van der Waals surface area contributed by atoms with E-state index < -0.39 is 0 Å². The predicted octanol–water partition coefficient (Wildman–Crippen LogP) is 5.84. The van der Waals surface area contributed by atoms with E-state index in [4.69, 9.17) is 4.74 Å². The topological polar surface area (TPSA) is 81.9 Å². The van der Waals surface area contributed by atoms with E-state index in [0.29, 0.717) is 18.2 Å². The molecule has 0 bridgehead atoms. The van der Waals surface area contributed by atoms with Crippen molar-refractivity contribution >= 4 is 34.2 Å². The molecule has 8 heteroatoms. The number of carbonyl (C=O) groups is 1. The van der Waals surface area contributed by atoms with Crippen molar-refractivity contribution in [2.24, 2.45) is 0 Å². The molecule has 0 radical (unpaired) electrons. The molecule has 0 aliphatic carbocycles. The molecule has 2 aromatic carbocycles. The normalized spacial score (nSPS) is 11.2. The first-order valence-electron chi connectivity index (χ1n) is 11.5. The van der Waals surface area contributed by atoms with Crippen LogP contribution in [-0.4, -0.2) is 31.5 Å². The van der Waals surface area contributed by atoms with Crippen molar-refractivity contribution in [3.05, 3.63) is 89.7 Å². The van der Waals surface area contributed by atoms with Crippen molar-refractivity contribution in [2.75, 3.05) is 5.32 Å². The highest BCUT2D eigenvalue weighted by atomic mass is 32.1. The van der Waals surface area contributed by atoms with Crippen molar-refractivity contribution < 1.29 is 9.53 Å². The molecule has 0 saturated carbocycles. The quantitative estimate of drug-likeness (QED) is 0.300. The lowest BCUT2D eigenvalue weighted by Crippen LogP contribution is -2.17. The first kappa shape index (κ1) is 22.7. The van der Waals surface area contributed by atoms with E-state index in [2.05, 4.69) is 20.3 Å². The highest BCUT2D eigenvalue weighted by Crippen LogP contribution is 2.27. The highest BCUT2D eigenvalue weighted by Gasteiger charge is 2.17. The molecule has 0 aliphatic heterocycles. The number of ether oxygens (including phenoxy) is 1. The van der Waals surface area contributed by atoms with Crippen molar-refractivity contribution in [3.63, 3.8) is 0 Å². The van der Waals surface area contributed by atoms with E-state index in [0.717, 1.165) is 39.5 Å². The third kappa shape index (κ3) is 5.22. The fourth-order valence-electron chi connectivity index (χ4n) is 3.79. The van der Waals surface area contributed by atoms with Crippen molar-refractivity contribution in [1.82, 2.24) is 19.5 Å². The summed E-state index contributed by atoms with van der Waals surface area (Å²) in [5, 5.41) is 5.51. The van der Waals surface area contributed by atoms with Gasteiger partial charge in [-0.1, -0.05) is 18.2 Å². The number of rotatable bonds is 8. The molecule has 3 heterocycles. The third-order valence-electron chi connectivity index (χ3n) is 5.41. The second-order valence-electron chi connectivity index (χ2n) is 8.33. The Morgan fingerprint density at radius 3 is 2.60 bits per heavy atom. The number of nitrogens with zero attached hydrogens (tertiary/aromatic N) is 4. The van der Waals surface area contributed by atoms with Crippen molar-refractivity contribution in [3.8, 4) is 16.3 Å². The van der Waals surface area contributed by atoms with E-state index >= 15 is 0 Å². The summed E-state index contributed by atoms with van der Waals surface area (Å²) in [5.41, 5.74) is 4.06. The monoisotopic (exact) mass is 483 g/mol. The molecular formula is C27H25N5O2S. The average molecular weight is 484 g/mol. The van der Waals surface area contributed by atoms with Gasteiger partial charge in [0.05, 0.1) is 17.1 Å². The van der Waals surface area contributed by atoms with Gasteiger partial charge in [-0.05, 0) is 62.4 Å². The number of pyridine rings is 1. The molecule has 0 atom stereocenters. The van der Waals surface area contributed by atoms with Crippen LogP contribution in [0, 0.1) is 0 Å². The van der Waals surface area contributed by atoms with E-state index in [1.807, 2.05) is 85.1 Å². The van der Waals surface area contributed by atoms with Crippen LogP contribution in [0.5, 0.6) is 5.75 Å². The number of fused-ring (bicyclic) bond motifs is 1. The van der Waals surface area contributed by atoms with Gasteiger partial charge < -0.3 is 9.30 Å². The molecule has 1 amide bonds. The number of nitrogens with one attached hydrogen (secondary N) is 1. The van der Waals surface area contributed by atoms with E-state index in [1.165, 1.54) is 11.3 Å². The van der Waals surface area contributed by atoms with Crippen LogP contribution in [0.4, 0.5) is 5.95 Å². The van der Waals surface area contributed by atoms with Crippen LogP contribution in [0.25, 0.3) is 21.6 Å². The number of anilines is 1. The van der Waals surface area contributed by atoms with Gasteiger partial charge in [0.15, 0.2) is 0 Å². The summed E-state index contributed by atoms with van der Waals surface area (Å²) < 4.78 is 7.72. The molecule has 3 aromatic heterocycles. The van der Waals surface area contributed by atoms with Gasteiger partial charge in [0.1, 0.15) is 16.5 Å². The largest absolute Gasteiger partial charge is 0.491 e.